The summed E-state index contributed by atoms with van der Waals surface area (Å²) in [5.41, 5.74) is 2.36. The van der Waals surface area contributed by atoms with Gasteiger partial charge in [0.15, 0.2) is 17.3 Å². The summed E-state index contributed by atoms with van der Waals surface area (Å²) in [4.78, 5) is 12.1. The van der Waals surface area contributed by atoms with Gasteiger partial charge in [-0.15, -0.1) is 0 Å². The molecule has 0 atom stereocenters. The van der Waals surface area contributed by atoms with E-state index in [0.29, 0.717) is 35.9 Å². The number of ether oxygens (including phenoxy) is 5. The van der Waals surface area contributed by atoms with E-state index < -0.39 is 0 Å². The summed E-state index contributed by atoms with van der Waals surface area (Å²) in [7, 11) is 3.22. The number of carbonyl (C=O) groups is 1. The minimum absolute atomic E-state index is 0.0819. The molecule has 1 amide bonds. The lowest BCUT2D eigenvalue weighted by molar-refractivity contribution is -0.126. The maximum absolute atomic E-state index is 12.1. The third kappa shape index (κ3) is 5.12. The molecule has 0 unspecified atom stereocenters. The van der Waals surface area contributed by atoms with Gasteiger partial charge in [0.2, 0.25) is 12.7 Å². The smallest absolute Gasteiger partial charge is 0.246 e. The van der Waals surface area contributed by atoms with Crippen LogP contribution in [0.4, 0.5) is 0 Å². The Balaban J connectivity index is 1.21. The van der Waals surface area contributed by atoms with Crippen molar-refractivity contribution in [3.05, 3.63) is 53.7 Å². The van der Waals surface area contributed by atoms with Crippen LogP contribution < -0.4 is 24.3 Å². The predicted octanol–water partition coefficient (Wildman–Crippen LogP) is 2.96. The van der Waals surface area contributed by atoms with Crippen molar-refractivity contribution in [1.82, 2.24) is 10.5 Å². The number of nitrogens with zero attached hydrogens (tertiary/aromatic N) is 1. The lowest BCUT2D eigenvalue weighted by Gasteiger charge is -2.11. The van der Waals surface area contributed by atoms with Gasteiger partial charge in [-0.3, -0.25) is 4.79 Å². The van der Waals surface area contributed by atoms with E-state index in [1.807, 2.05) is 36.4 Å². The van der Waals surface area contributed by atoms with Gasteiger partial charge in [-0.25, -0.2) is 0 Å². The minimum Gasteiger partial charge on any atom is -0.497 e. The summed E-state index contributed by atoms with van der Waals surface area (Å²) in [6.07, 6.45) is 0.605. The first-order valence-electron chi connectivity index (χ1n) is 10.1. The molecule has 3 aromatic rings. The van der Waals surface area contributed by atoms with E-state index in [-0.39, 0.29) is 25.9 Å². The fourth-order valence-electron chi connectivity index (χ4n) is 3.28. The minimum atomic E-state index is -0.216. The molecule has 9 heteroatoms. The molecule has 0 fully saturated rings. The number of amides is 1. The van der Waals surface area contributed by atoms with Crippen molar-refractivity contribution < 1.29 is 33.0 Å². The Bertz CT molecular complexity index is 1080. The molecule has 0 saturated heterocycles. The van der Waals surface area contributed by atoms with E-state index in [1.165, 1.54) is 0 Å². The van der Waals surface area contributed by atoms with Crippen LogP contribution in [0.3, 0.4) is 0 Å². The van der Waals surface area contributed by atoms with Crippen LogP contribution in [0.2, 0.25) is 0 Å². The van der Waals surface area contributed by atoms with Crippen LogP contribution >= 0.6 is 0 Å². The van der Waals surface area contributed by atoms with Crippen LogP contribution in [0.25, 0.3) is 11.3 Å². The summed E-state index contributed by atoms with van der Waals surface area (Å²) in [5.74, 6) is 3.22. The summed E-state index contributed by atoms with van der Waals surface area (Å²) in [6.45, 7) is 0.736. The Kier molecular flexibility index (Phi) is 6.76. The fraction of sp³-hybridized carbons (Fsp3) is 0.304. The Hall–Kier alpha value is -3.72. The maximum Gasteiger partial charge on any atom is 0.246 e. The number of fused-ring (bicyclic) bond motifs is 1. The van der Waals surface area contributed by atoms with Gasteiger partial charge in [-0.05, 0) is 48.4 Å². The number of benzene rings is 2. The number of methoxy groups -OCH3 is 2. The number of aromatic nitrogens is 1. The van der Waals surface area contributed by atoms with E-state index in [2.05, 4.69) is 10.5 Å². The van der Waals surface area contributed by atoms with Gasteiger partial charge in [0.1, 0.15) is 23.8 Å². The molecule has 0 saturated carbocycles. The Morgan fingerprint density at radius 3 is 2.78 bits per heavy atom. The van der Waals surface area contributed by atoms with Gasteiger partial charge in [0.25, 0.3) is 0 Å². The van der Waals surface area contributed by atoms with Gasteiger partial charge >= 0.3 is 0 Å². The lowest BCUT2D eigenvalue weighted by atomic mass is 10.1. The summed E-state index contributed by atoms with van der Waals surface area (Å²) in [5, 5.41) is 6.82. The highest BCUT2D eigenvalue weighted by Crippen LogP contribution is 2.36. The third-order valence-electron chi connectivity index (χ3n) is 4.90. The van der Waals surface area contributed by atoms with Crippen molar-refractivity contribution in [3.63, 3.8) is 0 Å². The van der Waals surface area contributed by atoms with Crippen LogP contribution in [0.15, 0.2) is 47.0 Å². The second-order valence-electron chi connectivity index (χ2n) is 7.02. The molecule has 0 aliphatic carbocycles. The number of hydrogen-bond donors (Lipinski definition) is 1. The van der Waals surface area contributed by atoms with E-state index in [9.17, 15) is 4.79 Å². The molecular weight excluding hydrogens is 416 g/mol. The van der Waals surface area contributed by atoms with Crippen LogP contribution in [0.5, 0.6) is 23.0 Å². The summed E-state index contributed by atoms with van der Waals surface area (Å²) < 4.78 is 32.1. The largest absolute Gasteiger partial charge is 0.497 e. The third-order valence-corrected chi connectivity index (χ3v) is 4.90. The van der Waals surface area contributed by atoms with Crippen LogP contribution in [-0.4, -0.2) is 45.2 Å². The molecular formula is C23H24N2O7. The normalized spacial score (nSPS) is 11.9. The highest BCUT2D eigenvalue weighted by atomic mass is 16.7. The topological polar surface area (TPSA) is 101 Å². The highest BCUT2D eigenvalue weighted by Gasteiger charge is 2.16. The van der Waals surface area contributed by atoms with Crippen LogP contribution in [0.1, 0.15) is 11.3 Å². The van der Waals surface area contributed by atoms with Crippen molar-refractivity contribution in [1.29, 1.82) is 0 Å². The van der Waals surface area contributed by atoms with Gasteiger partial charge in [0.05, 0.1) is 20.8 Å². The molecule has 1 aliphatic rings. The molecule has 0 radical (unpaired) electrons. The van der Waals surface area contributed by atoms with Crippen molar-refractivity contribution in [2.24, 2.45) is 0 Å². The highest BCUT2D eigenvalue weighted by molar-refractivity contribution is 5.77. The molecule has 1 aliphatic heterocycles. The van der Waals surface area contributed by atoms with Crippen molar-refractivity contribution >= 4 is 5.91 Å². The first-order valence-corrected chi connectivity index (χ1v) is 10.1. The maximum atomic E-state index is 12.1. The van der Waals surface area contributed by atoms with Crippen LogP contribution in [0, 0.1) is 0 Å². The average molecular weight is 440 g/mol. The van der Waals surface area contributed by atoms with Crippen molar-refractivity contribution in [3.8, 4) is 34.3 Å². The summed E-state index contributed by atoms with van der Waals surface area (Å²) in [6, 6.07) is 12.9. The molecule has 9 nitrogen and oxygen atoms in total. The quantitative estimate of drug-likeness (QED) is 0.514. The van der Waals surface area contributed by atoms with Crippen LogP contribution in [-0.2, 0) is 22.6 Å². The number of nitrogens with one attached hydrogen (secondary N) is 1. The molecule has 2 aromatic carbocycles. The Labute approximate surface area is 185 Å². The molecule has 168 valence electrons. The van der Waals surface area contributed by atoms with Crippen molar-refractivity contribution in [2.75, 3.05) is 34.2 Å². The van der Waals surface area contributed by atoms with Gasteiger partial charge in [0, 0.05) is 18.2 Å². The molecule has 1 aromatic heterocycles. The SMILES string of the molecule is COc1ccc(OC)c(CCNC(=O)COCc2cc(-c3ccc4c(c3)OCO4)on2)c1. The first-order chi connectivity index (χ1) is 15.7. The first kappa shape index (κ1) is 21.5. The predicted molar refractivity (Wildman–Crippen MR) is 114 cm³/mol. The number of rotatable bonds is 10. The zero-order valence-corrected chi connectivity index (χ0v) is 17.9. The Morgan fingerprint density at radius 1 is 1.06 bits per heavy atom. The lowest BCUT2D eigenvalue weighted by Crippen LogP contribution is -2.29. The molecule has 4 rings (SSSR count). The standard InChI is InChI=1S/C23H24N2O7/c1-27-18-4-6-19(28-2)16(9-18)7-8-24-23(26)13-29-12-17-11-21(32-25-17)15-3-5-20-22(10-15)31-14-30-20/h3-6,9-11H,7-8,12-14H2,1-2H3,(H,24,26). The molecule has 32 heavy (non-hydrogen) atoms. The second kappa shape index (κ2) is 10.1. The monoisotopic (exact) mass is 440 g/mol. The van der Waals surface area contributed by atoms with Gasteiger partial charge in [-0.1, -0.05) is 5.16 Å². The van der Waals surface area contributed by atoms with E-state index in [0.717, 1.165) is 22.6 Å². The average Bonchev–Trinajstić information content (AvgIpc) is 3.48. The zero-order valence-electron chi connectivity index (χ0n) is 17.9. The molecule has 0 spiro atoms. The van der Waals surface area contributed by atoms with Gasteiger partial charge in [-0.2, -0.15) is 0 Å². The Morgan fingerprint density at radius 2 is 1.94 bits per heavy atom. The van der Waals surface area contributed by atoms with E-state index >= 15 is 0 Å². The summed E-state index contributed by atoms with van der Waals surface area (Å²) >= 11 is 0. The number of hydrogen-bond acceptors (Lipinski definition) is 8. The van der Waals surface area contributed by atoms with Gasteiger partial charge < -0.3 is 33.5 Å². The van der Waals surface area contributed by atoms with E-state index in [1.54, 1.807) is 20.3 Å². The molecule has 2 heterocycles. The van der Waals surface area contributed by atoms with E-state index in [4.69, 9.17) is 28.2 Å². The molecule has 0 bridgehead atoms. The number of carbonyl (C=O) groups excluding carboxylic acids is 1. The zero-order chi connectivity index (χ0) is 22.3. The van der Waals surface area contributed by atoms with Crippen molar-refractivity contribution in [2.45, 2.75) is 13.0 Å². The fourth-order valence-corrected chi connectivity index (χ4v) is 3.28. The second-order valence-corrected chi connectivity index (χ2v) is 7.02. The molecule has 1 N–H and O–H groups in total.